The van der Waals surface area contributed by atoms with Crippen molar-refractivity contribution in [1.29, 1.82) is 0 Å². The van der Waals surface area contributed by atoms with Gasteiger partial charge in [0.05, 0.1) is 11.5 Å². The highest BCUT2D eigenvalue weighted by molar-refractivity contribution is 7.83. The van der Waals surface area contributed by atoms with Crippen LogP contribution in [-0.2, 0) is 10.3 Å². The van der Waals surface area contributed by atoms with E-state index in [0.717, 1.165) is 23.4 Å². The second-order valence-corrected chi connectivity index (χ2v) is 9.58. The molecule has 4 rings (SSSR count). The highest BCUT2D eigenvalue weighted by Crippen LogP contribution is 2.37. The minimum absolute atomic E-state index is 0.0109. The van der Waals surface area contributed by atoms with E-state index in [0.29, 0.717) is 18.8 Å². The van der Waals surface area contributed by atoms with Gasteiger partial charge in [0.2, 0.25) is 0 Å². The van der Waals surface area contributed by atoms with Gasteiger partial charge in [-0.2, -0.15) is 13.1 Å². The van der Waals surface area contributed by atoms with Crippen LogP contribution >= 0.6 is 0 Å². The SMILES string of the molecule is O=S(=O)(O)NC[C@@H]1C[C@@H](n2ccc3c(NCC4CCCCC4)ncnc32)C[C@@H]1O. The number of hydrogen-bond acceptors (Lipinski definition) is 6. The van der Waals surface area contributed by atoms with Crippen molar-refractivity contribution in [3.05, 3.63) is 18.6 Å². The Morgan fingerprint density at radius 2 is 1.93 bits per heavy atom. The molecule has 2 aliphatic rings. The zero-order chi connectivity index (χ0) is 20.4. The molecule has 0 aliphatic heterocycles. The van der Waals surface area contributed by atoms with Gasteiger partial charge in [-0.05, 0) is 37.7 Å². The second-order valence-electron chi connectivity index (χ2n) is 8.34. The molecule has 2 aromatic heterocycles. The molecule has 3 atom stereocenters. The number of aliphatic hydroxyl groups excluding tert-OH is 1. The summed E-state index contributed by atoms with van der Waals surface area (Å²) in [7, 11) is -4.26. The van der Waals surface area contributed by atoms with Crippen molar-refractivity contribution in [2.45, 2.75) is 57.1 Å². The number of rotatable bonds is 7. The van der Waals surface area contributed by atoms with Crippen molar-refractivity contribution in [2.75, 3.05) is 18.4 Å². The third-order valence-corrected chi connectivity index (χ3v) is 6.88. The van der Waals surface area contributed by atoms with Crippen LogP contribution in [0, 0.1) is 11.8 Å². The Morgan fingerprint density at radius 3 is 2.69 bits per heavy atom. The molecule has 9 nitrogen and oxygen atoms in total. The van der Waals surface area contributed by atoms with Gasteiger partial charge < -0.3 is 15.0 Å². The summed E-state index contributed by atoms with van der Waals surface area (Å²) in [5.41, 5.74) is 0.812. The summed E-state index contributed by atoms with van der Waals surface area (Å²) in [5, 5.41) is 14.8. The molecule has 0 aromatic carbocycles. The molecule has 2 fully saturated rings. The summed E-state index contributed by atoms with van der Waals surface area (Å²) in [6.07, 6.45) is 10.5. The van der Waals surface area contributed by atoms with E-state index < -0.39 is 16.4 Å². The first kappa shape index (κ1) is 20.5. The Hall–Kier alpha value is -1.75. The molecule has 160 valence electrons. The maximum Gasteiger partial charge on any atom is 0.333 e. The van der Waals surface area contributed by atoms with Crippen LogP contribution in [0.15, 0.2) is 18.6 Å². The third-order valence-electron chi connectivity index (χ3n) is 6.35. The number of hydrogen-bond donors (Lipinski definition) is 4. The lowest BCUT2D eigenvalue weighted by Crippen LogP contribution is -2.31. The zero-order valence-electron chi connectivity index (χ0n) is 16.4. The molecular weight excluding hydrogens is 394 g/mol. The summed E-state index contributed by atoms with van der Waals surface area (Å²) < 4.78 is 34.9. The number of nitrogens with one attached hydrogen (secondary N) is 2. The van der Waals surface area contributed by atoms with E-state index in [1.807, 2.05) is 16.8 Å². The van der Waals surface area contributed by atoms with E-state index in [2.05, 4.69) is 20.0 Å². The van der Waals surface area contributed by atoms with Crippen LogP contribution < -0.4 is 10.0 Å². The Bertz CT molecular complexity index is 941. The quantitative estimate of drug-likeness (QED) is 0.502. The second kappa shape index (κ2) is 8.55. The van der Waals surface area contributed by atoms with Crippen molar-refractivity contribution in [3.63, 3.8) is 0 Å². The zero-order valence-corrected chi connectivity index (χ0v) is 17.2. The summed E-state index contributed by atoms with van der Waals surface area (Å²) in [4.78, 5) is 8.88. The lowest BCUT2D eigenvalue weighted by atomic mass is 9.89. The fourth-order valence-electron chi connectivity index (χ4n) is 4.77. The first-order valence-corrected chi connectivity index (χ1v) is 11.8. The van der Waals surface area contributed by atoms with Crippen molar-refractivity contribution in [2.24, 2.45) is 11.8 Å². The molecule has 2 aliphatic carbocycles. The van der Waals surface area contributed by atoms with Gasteiger partial charge in [0.15, 0.2) is 0 Å². The number of aromatic nitrogens is 3. The van der Waals surface area contributed by atoms with E-state index in [1.54, 1.807) is 6.33 Å². The number of anilines is 1. The predicted molar refractivity (Wildman–Crippen MR) is 110 cm³/mol. The van der Waals surface area contributed by atoms with Gasteiger partial charge in [0, 0.05) is 31.2 Å². The topological polar surface area (TPSA) is 129 Å². The molecule has 10 heteroatoms. The largest absolute Gasteiger partial charge is 0.393 e. The Kier molecular flexibility index (Phi) is 6.05. The molecule has 0 unspecified atom stereocenters. The van der Waals surface area contributed by atoms with Crippen LogP contribution in [0.4, 0.5) is 5.82 Å². The molecule has 0 saturated heterocycles. The normalized spacial score (nSPS) is 26.2. The Morgan fingerprint density at radius 1 is 1.14 bits per heavy atom. The van der Waals surface area contributed by atoms with Crippen LogP contribution in [0.25, 0.3) is 11.0 Å². The maximum absolute atomic E-state index is 10.9. The maximum atomic E-state index is 10.9. The van der Waals surface area contributed by atoms with E-state index in [4.69, 9.17) is 4.55 Å². The first-order chi connectivity index (χ1) is 13.9. The lowest BCUT2D eigenvalue weighted by molar-refractivity contribution is 0.133. The van der Waals surface area contributed by atoms with E-state index in [1.165, 1.54) is 32.1 Å². The van der Waals surface area contributed by atoms with Crippen molar-refractivity contribution >= 4 is 27.2 Å². The monoisotopic (exact) mass is 423 g/mol. The number of fused-ring (bicyclic) bond motifs is 1. The first-order valence-electron chi connectivity index (χ1n) is 10.4. The Balaban J connectivity index is 1.46. The molecule has 0 spiro atoms. The van der Waals surface area contributed by atoms with Gasteiger partial charge >= 0.3 is 10.3 Å². The third kappa shape index (κ3) is 4.88. The van der Waals surface area contributed by atoms with E-state index in [9.17, 15) is 13.5 Å². The fraction of sp³-hybridized carbons (Fsp3) is 0.684. The van der Waals surface area contributed by atoms with Gasteiger partial charge in [-0.1, -0.05) is 19.3 Å². The van der Waals surface area contributed by atoms with Crippen molar-refractivity contribution in [1.82, 2.24) is 19.3 Å². The van der Waals surface area contributed by atoms with Crippen LogP contribution in [0.5, 0.6) is 0 Å². The summed E-state index contributed by atoms with van der Waals surface area (Å²) in [6, 6.07) is 2.01. The average molecular weight is 424 g/mol. The van der Waals surface area contributed by atoms with Gasteiger partial charge in [-0.15, -0.1) is 0 Å². The molecule has 2 aromatic rings. The van der Waals surface area contributed by atoms with Gasteiger partial charge in [-0.25, -0.2) is 9.97 Å². The summed E-state index contributed by atoms with van der Waals surface area (Å²) in [5.74, 6) is 1.27. The predicted octanol–water partition coefficient (Wildman–Crippen LogP) is 2.13. The molecular formula is C19H29N5O4S. The summed E-state index contributed by atoms with van der Waals surface area (Å²) >= 11 is 0. The molecule has 2 heterocycles. The standard InChI is InChI=1S/C19H29N5O4S/c25-17-9-15(8-14(17)11-23-29(26,27)28)24-7-6-16-18(21-12-22-19(16)24)20-10-13-4-2-1-3-5-13/h6-7,12-15,17,23,25H,1-5,8-11H2,(H,20,21,22)(H,26,27,28)/t14-,15+,17-/m0/s1. The van der Waals surface area contributed by atoms with Crippen LogP contribution in [0.1, 0.15) is 51.0 Å². The van der Waals surface area contributed by atoms with Gasteiger partial charge in [0.1, 0.15) is 17.8 Å². The molecule has 0 radical (unpaired) electrons. The van der Waals surface area contributed by atoms with Crippen LogP contribution in [0.2, 0.25) is 0 Å². The molecule has 2 saturated carbocycles. The Labute approximate surface area is 170 Å². The van der Waals surface area contributed by atoms with Crippen LogP contribution in [-0.4, -0.2) is 51.8 Å². The van der Waals surface area contributed by atoms with Crippen molar-refractivity contribution < 1.29 is 18.1 Å². The minimum atomic E-state index is -4.26. The average Bonchev–Trinajstić information content (AvgIpc) is 3.28. The lowest BCUT2D eigenvalue weighted by Gasteiger charge is -2.22. The van der Waals surface area contributed by atoms with Gasteiger partial charge in [0.25, 0.3) is 0 Å². The number of nitrogens with zero attached hydrogens (tertiary/aromatic N) is 3. The number of aliphatic hydroxyl groups is 1. The highest BCUT2D eigenvalue weighted by Gasteiger charge is 2.35. The summed E-state index contributed by atoms with van der Waals surface area (Å²) in [6.45, 7) is 0.932. The molecule has 0 amide bonds. The van der Waals surface area contributed by atoms with Crippen LogP contribution in [0.3, 0.4) is 0 Å². The van der Waals surface area contributed by atoms with E-state index in [-0.39, 0.29) is 18.5 Å². The molecule has 4 N–H and O–H groups in total. The van der Waals surface area contributed by atoms with Crippen molar-refractivity contribution in [3.8, 4) is 0 Å². The fourth-order valence-corrected chi connectivity index (χ4v) is 5.20. The molecule has 29 heavy (non-hydrogen) atoms. The van der Waals surface area contributed by atoms with Gasteiger partial charge in [-0.3, -0.25) is 4.55 Å². The van der Waals surface area contributed by atoms with E-state index >= 15 is 0 Å². The minimum Gasteiger partial charge on any atom is -0.393 e. The highest BCUT2D eigenvalue weighted by atomic mass is 32.2. The molecule has 0 bridgehead atoms. The smallest absolute Gasteiger partial charge is 0.333 e.